The number of aliphatic hydroxyl groups is 2. The van der Waals surface area contributed by atoms with Crippen molar-refractivity contribution in [3.63, 3.8) is 0 Å². The molecular weight excluding hydrogens is 190 g/mol. The second-order valence-electron chi connectivity index (χ2n) is 5.33. The van der Waals surface area contributed by atoms with Crippen molar-refractivity contribution in [2.75, 3.05) is 19.7 Å². The molecule has 3 N–H and O–H groups in total. The van der Waals surface area contributed by atoms with Gasteiger partial charge in [-0.1, -0.05) is 12.2 Å². The summed E-state index contributed by atoms with van der Waals surface area (Å²) in [6.45, 7) is 2.90. The summed E-state index contributed by atoms with van der Waals surface area (Å²) in [4.78, 5) is 0. The SMILES string of the molecule is CC(O)(CO)CNCC1CC2C=CC1C2. The van der Waals surface area contributed by atoms with E-state index in [0.29, 0.717) is 6.54 Å². The largest absolute Gasteiger partial charge is 0.393 e. The normalized spacial score (nSPS) is 37.1. The molecule has 0 heterocycles. The molecule has 1 fully saturated rings. The maximum absolute atomic E-state index is 9.60. The number of hydrogen-bond acceptors (Lipinski definition) is 3. The maximum Gasteiger partial charge on any atom is 0.0972 e. The van der Waals surface area contributed by atoms with E-state index in [1.165, 1.54) is 12.8 Å². The Morgan fingerprint density at radius 1 is 1.40 bits per heavy atom. The van der Waals surface area contributed by atoms with Gasteiger partial charge in [0.15, 0.2) is 0 Å². The smallest absolute Gasteiger partial charge is 0.0972 e. The van der Waals surface area contributed by atoms with Crippen molar-refractivity contribution in [3.8, 4) is 0 Å². The first-order valence-electron chi connectivity index (χ1n) is 5.83. The van der Waals surface area contributed by atoms with Crippen LogP contribution in [-0.4, -0.2) is 35.5 Å². The molecule has 3 heteroatoms. The summed E-state index contributed by atoms with van der Waals surface area (Å²) in [5.41, 5.74) is -0.979. The van der Waals surface area contributed by atoms with E-state index in [0.717, 1.165) is 24.3 Å². The molecule has 0 aromatic rings. The third-order valence-electron chi connectivity index (χ3n) is 3.67. The molecule has 2 aliphatic rings. The van der Waals surface area contributed by atoms with E-state index >= 15 is 0 Å². The van der Waals surface area contributed by atoms with Gasteiger partial charge in [0.1, 0.15) is 0 Å². The first kappa shape index (κ1) is 11.1. The van der Waals surface area contributed by atoms with Crippen molar-refractivity contribution in [2.24, 2.45) is 17.8 Å². The monoisotopic (exact) mass is 211 g/mol. The number of rotatable bonds is 5. The van der Waals surface area contributed by atoms with Crippen LogP contribution < -0.4 is 5.32 Å². The Bertz CT molecular complexity index is 250. The van der Waals surface area contributed by atoms with Gasteiger partial charge in [0.05, 0.1) is 12.2 Å². The molecule has 0 aromatic heterocycles. The van der Waals surface area contributed by atoms with E-state index < -0.39 is 5.60 Å². The van der Waals surface area contributed by atoms with Gasteiger partial charge in [-0.15, -0.1) is 0 Å². The first-order chi connectivity index (χ1) is 7.11. The highest BCUT2D eigenvalue weighted by atomic mass is 16.3. The van der Waals surface area contributed by atoms with Crippen LogP contribution in [0.25, 0.3) is 0 Å². The number of nitrogens with one attached hydrogen (secondary N) is 1. The lowest BCUT2D eigenvalue weighted by atomic mass is 9.93. The van der Waals surface area contributed by atoms with E-state index in [1.807, 2.05) is 0 Å². The summed E-state index contributed by atoms with van der Waals surface area (Å²) in [5, 5.41) is 21.8. The van der Waals surface area contributed by atoms with Gasteiger partial charge in [-0.2, -0.15) is 0 Å². The fourth-order valence-corrected chi connectivity index (χ4v) is 2.71. The van der Waals surface area contributed by atoms with Gasteiger partial charge < -0.3 is 15.5 Å². The minimum Gasteiger partial charge on any atom is -0.393 e. The average molecular weight is 211 g/mol. The molecule has 2 aliphatic carbocycles. The van der Waals surface area contributed by atoms with Gasteiger partial charge >= 0.3 is 0 Å². The number of hydrogen-bond donors (Lipinski definition) is 3. The van der Waals surface area contributed by atoms with Crippen LogP contribution in [0, 0.1) is 17.8 Å². The average Bonchev–Trinajstić information content (AvgIpc) is 2.79. The topological polar surface area (TPSA) is 52.5 Å². The minimum atomic E-state index is -0.979. The van der Waals surface area contributed by atoms with E-state index in [9.17, 15) is 5.11 Å². The van der Waals surface area contributed by atoms with Crippen molar-refractivity contribution >= 4 is 0 Å². The second kappa shape index (κ2) is 4.24. The lowest BCUT2D eigenvalue weighted by Gasteiger charge is -2.24. The van der Waals surface area contributed by atoms with Gasteiger partial charge in [0, 0.05) is 6.54 Å². The summed E-state index contributed by atoms with van der Waals surface area (Å²) in [5.74, 6) is 2.29. The van der Waals surface area contributed by atoms with Crippen LogP contribution in [-0.2, 0) is 0 Å². The van der Waals surface area contributed by atoms with Crippen LogP contribution in [0.15, 0.2) is 12.2 Å². The zero-order valence-electron chi connectivity index (χ0n) is 9.32. The van der Waals surface area contributed by atoms with Gasteiger partial charge in [0.25, 0.3) is 0 Å². The molecule has 0 aliphatic heterocycles. The van der Waals surface area contributed by atoms with Gasteiger partial charge in [-0.05, 0) is 44.1 Å². The Kier molecular flexibility index (Phi) is 3.14. The summed E-state index contributed by atoms with van der Waals surface area (Å²) in [6.07, 6.45) is 7.29. The molecule has 2 bridgehead atoms. The second-order valence-corrected chi connectivity index (χ2v) is 5.33. The van der Waals surface area contributed by atoms with E-state index in [1.54, 1.807) is 6.92 Å². The number of aliphatic hydroxyl groups excluding tert-OH is 1. The molecule has 2 rings (SSSR count). The molecular formula is C12H21NO2. The first-order valence-corrected chi connectivity index (χ1v) is 5.83. The molecule has 4 atom stereocenters. The van der Waals surface area contributed by atoms with Crippen LogP contribution in [0.2, 0.25) is 0 Å². The van der Waals surface area contributed by atoms with Crippen LogP contribution >= 0.6 is 0 Å². The Morgan fingerprint density at radius 2 is 2.20 bits per heavy atom. The van der Waals surface area contributed by atoms with Crippen LogP contribution in [0.5, 0.6) is 0 Å². The van der Waals surface area contributed by atoms with Gasteiger partial charge in [0.2, 0.25) is 0 Å². The Labute approximate surface area is 91.2 Å². The van der Waals surface area contributed by atoms with E-state index in [4.69, 9.17) is 5.11 Å². The third kappa shape index (κ3) is 2.60. The van der Waals surface area contributed by atoms with Crippen molar-refractivity contribution < 1.29 is 10.2 Å². The molecule has 3 nitrogen and oxygen atoms in total. The molecule has 0 aromatic carbocycles. The van der Waals surface area contributed by atoms with Gasteiger partial charge in [-0.3, -0.25) is 0 Å². The third-order valence-corrected chi connectivity index (χ3v) is 3.67. The molecule has 1 saturated carbocycles. The summed E-state index contributed by atoms with van der Waals surface area (Å²) < 4.78 is 0. The summed E-state index contributed by atoms with van der Waals surface area (Å²) >= 11 is 0. The lowest BCUT2D eigenvalue weighted by Crippen LogP contribution is -2.42. The van der Waals surface area contributed by atoms with Crippen LogP contribution in [0.3, 0.4) is 0 Å². The summed E-state index contributed by atoms with van der Waals surface area (Å²) in [7, 11) is 0. The lowest BCUT2D eigenvalue weighted by molar-refractivity contribution is 0.00206. The van der Waals surface area contributed by atoms with E-state index in [2.05, 4.69) is 17.5 Å². The zero-order valence-corrected chi connectivity index (χ0v) is 9.32. The predicted molar refractivity (Wildman–Crippen MR) is 59.4 cm³/mol. The predicted octanol–water partition coefficient (Wildman–Crippen LogP) is 0.531. The molecule has 15 heavy (non-hydrogen) atoms. The van der Waals surface area contributed by atoms with Gasteiger partial charge in [-0.25, -0.2) is 0 Å². The zero-order chi connectivity index (χ0) is 10.9. The Hall–Kier alpha value is -0.380. The van der Waals surface area contributed by atoms with Crippen molar-refractivity contribution in [1.82, 2.24) is 5.32 Å². The summed E-state index contributed by atoms with van der Waals surface area (Å²) in [6, 6.07) is 0. The van der Waals surface area contributed by atoms with E-state index in [-0.39, 0.29) is 6.61 Å². The quantitative estimate of drug-likeness (QED) is 0.582. The molecule has 0 radical (unpaired) electrons. The highest BCUT2D eigenvalue weighted by Gasteiger charge is 2.35. The fraction of sp³-hybridized carbons (Fsp3) is 0.833. The molecule has 0 amide bonds. The van der Waals surface area contributed by atoms with Crippen LogP contribution in [0.4, 0.5) is 0 Å². The number of allylic oxidation sites excluding steroid dienone is 2. The Morgan fingerprint density at radius 3 is 2.73 bits per heavy atom. The molecule has 0 spiro atoms. The highest BCUT2D eigenvalue weighted by molar-refractivity contribution is 5.10. The molecule has 0 saturated heterocycles. The maximum atomic E-state index is 9.60. The Balaban J connectivity index is 1.69. The molecule has 86 valence electrons. The molecule has 4 unspecified atom stereocenters. The van der Waals surface area contributed by atoms with Crippen molar-refractivity contribution in [3.05, 3.63) is 12.2 Å². The highest BCUT2D eigenvalue weighted by Crippen LogP contribution is 2.42. The van der Waals surface area contributed by atoms with Crippen molar-refractivity contribution in [1.29, 1.82) is 0 Å². The number of fused-ring (bicyclic) bond motifs is 2. The fourth-order valence-electron chi connectivity index (χ4n) is 2.71. The van der Waals surface area contributed by atoms with Crippen LogP contribution in [0.1, 0.15) is 19.8 Å². The van der Waals surface area contributed by atoms with Crippen molar-refractivity contribution in [2.45, 2.75) is 25.4 Å². The minimum absolute atomic E-state index is 0.184. The standard InChI is InChI=1S/C12H21NO2/c1-12(15,8-14)7-13-6-11-5-9-2-3-10(11)4-9/h2-3,9-11,13-15H,4-8H2,1H3.